The van der Waals surface area contributed by atoms with Crippen LogP contribution in [0.15, 0.2) is 12.1 Å². The van der Waals surface area contributed by atoms with Crippen molar-refractivity contribution in [3.63, 3.8) is 0 Å². The van der Waals surface area contributed by atoms with E-state index in [2.05, 4.69) is 11.8 Å². The number of pyridine rings is 1. The van der Waals surface area contributed by atoms with Crippen LogP contribution in [-0.2, 0) is 15.9 Å². The monoisotopic (exact) mass is 375 g/mol. The summed E-state index contributed by atoms with van der Waals surface area (Å²) >= 11 is 0. The Morgan fingerprint density at radius 1 is 1.33 bits per heavy atom. The highest BCUT2D eigenvalue weighted by atomic mass is 16.7. The lowest BCUT2D eigenvalue weighted by Gasteiger charge is -2.32. The molecule has 0 unspecified atom stereocenters. The summed E-state index contributed by atoms with van der Waals surface area (Å²) in [6.07, 6.45) is 1.29. The van der Waals surface area contributed by atoms with Crippen molar-refractivity contribution in [3.8, 4) is 0 Å². The van der Waals surface area contributed by atoms with E-state index in [4.69, 9.17) is 14.3 Å². The summed E-state index contributed by atoms with van der Waals surface area (Å²) in [6, 6.07) is 4.33. The van der Waals surface area contributed by atoms with Crippen LogP contribution in [0.5, 0.6) is 0 Å². The van der Waals surface area contributed by atoms with Gasteiger partial charge >= 0.3 is 13.2 Å². The highest BCUT2D eigenvalue weighted by Gasteiger charge is 2.52. The first-order chi connectivity index (χ1) is 12.5. The van der Waals surface area contributed by atoms with E-state index in [9.17, 15) is 9.90 Å². The van der Waals surface area contributed by atoms with E-state index in [1.54, 1.807) is 7.05 Å². The van der Waals surface area contributed by atoms with Crippen molar-refractivity contribution < 1.29 is 19.2 Å². The van der Waals surface area contributed by atoms with Crippen LogP contribution in [0.3, 0.4) is 0 Å². The van der Waals surface area contributed by atoms with Crippen molar-refractivity contribution in [3.05, 3.63) is 17.8 Å². The molecule has 3 rings (SSSR count). The minimum Gasteiger partial charge on any atom is -0.465 e. The summed E-state index contributed by atoms with van der Waals surface area (Å²) in [6.45, 7) is 11.5. The molecule has 0 aromatic carbocycles. The van der Waals surface area contributed by atoms with Crippen LogP contribution >= 0.6 is 0 Å². The van der Waals surface area contributed by atoms with Crippen molar-refractivity contribution in [2.75, 3.05) is 18.5 Å². The lowest BCUT2D eigenvalue weighted by atomic mass is 9.79. The fraction of sp³-hybridized carbons (Fsp3) is 0.684. The van der Waals surface area contributed by atoms with Crippen LogP contribution in [0.4, 0.5) is 10.6 Å². The normalized spacial score (nSPS) is 23.7. The second-order valence-corrected chi connectivity index (χ2v) is 8.66. The Kier molecular flexibility index (Phi) is 5.16. The molecule has 8 heteroatoms. The van der Waals surface area contributed by atoms with Gasteiger partial charge in [0.1, 0.15) is 5.82 Å². The van der Waals surface area contributed by atoms with Crippen LogP contribution < -0.4 is 10.4 Å². The lowest BCUT2D eigenvalue weighted by Crippen LogP contribution is -2.41. The van der Waals surface area contributed by atoms with Gasteiger partial charge in [0.05, 0.1) is 23.4 Å². The van der Waals surface area contributed by atoms with Crippen molar-refractivity contribution in [1.29, 1.82) is 0 Å². The molecule has 1 amide bonds. The van der Waals surface area contributed by atoms with Gasteiger partial charge in [-0.2, -0.15) is 0 Å². The van der Waals surface area contributed by atoms with Gasteiger partial charge in [0.2, 0.25) is 0 Å². The van der Waals surface area contributed by atoms with Gasteiger partial charge in [0, 0.05) is 19.6 Å². The molecule has 1 N–H and O–H groups in total. The van der Waals surface area contributed by atoms with E-state index >= 15 is 0 Å². The van der Waals surface area contributed by atoms with Crippen molar-refractivity contribution in [2.45, 2.75) is 71.2 Å². The molecular formula is C19H30BN3O4. The molecule has 2 aliphatic heterocycles. The molecule has 0 aliphatic carbocycles. The molecule has 148 valence electrons. The van der Waals surface area contributed by atoms with E-state index in [1.807, 2.05) is 39.8 Å². The maximum atomic E-state index is 11.2. The number of anilines is 1. The third kappa shape index (κ3) is 3.92. The van der Waals surface area contributed by atoms with Gasteiger partial charge in [-0.3, -0.25) is 0 Å². The third-order valence-electron chi connectivity index (χ3n) is 5.99. The van der Waals surface area contributed by atoms with Crippen LogP contribution in [0.1, 0.15) is 53.2 Å². The summed E-state index contributed by atoms with van der Waals surface area (Å²) in [4.78, 5) is 19.5. The molecule has 3 heterocycles. The highest BCUT2D eigenvalue weighted by Crippen LogP contribution is 2.36. The minimum absolute atomic E-state index is 0.220. The summed E-state index contributed by atoms with van der Waals surface area (Å²) in [5.41, 5.74) is 0.716. The van der Waals surface area contributed by atoms with E-state index in [1.165, 1.54) is 4.90 Å². The Morgan fingerprint density at radius 3 is 2.48 bits per heavy atom. The smallest absolute Gasteiger partial charge is 0.465 e. The lowest BCUT2D eigenvalue weighted by molar-refractivity contribution is 0.00578. The Balaban J connectivity index is 1.96. The fourth-order valence-electron chi connectivity index (χ4n) is 3.52. The zero-order chi connectivity index (χ0) is 20.0. The Hall–Kier alpha value is -1.80. The molecule has 0 saturated carbocycles. The molecular weight excluding hydrogens is 345 g/mol. The van der Waals surface area contributed by atoms with Gasteiger partial charge in [-0.05, 0) is 65.1 Å². The molecule has 2 aliphatic rings. The summed E-state index contributed by atoms with van der Waals surface area (Å²) in [5.74, 6) is 0.862. The maximum Gasteiger partial charge on any atom is 0.495 e. The Labute approximate surface area is 161 Å². The van der Waals surface area contributed by atoms with Gasteiger partial charge in [0.15, 0.2) is 0 Å². The van der Waals surface area contributed by atoms with Gasteiger partial charge in [0.25, 0.3) is 0 Å². The van der Waals surface area contributed by atoms with E-state index in [0.29, 0.717) is 11.7 Å². The van der Waals surface area contributed by atoms with Gasteiger partial charge < -0.3 is 24.2 Å². The second-order valence-electron chi connectivity index (χ2n) is 8.66. The second kappa shape index (κ2) is 6.98. The maximum absolute atomic E-state index is 11.2. The standard InChI is InChI=1S/C19H30BN3O4/c1-13-8-7-9-23(13)16-11-14(10-15(21-16)12-22(6)17(24)25)20-26-18(2,3)19(4,5)27-20/h10-11,13H,7-9,12H2,1-6H3,(H,24,25)/t13-/m1/s1. The zero-order valence-corrected chi connectivity index (χ0v) is 17.2. The molecule has 2 fully saturated rings. The predicted molar refractivity (Wildman–Crippen MR) is 105 cm³/mol. The topological polar surface area (TPSA) is 75.1 Å². The third-order valence-corrected chi connectivity index (χ3v) is 5.99. The molecule has 1 atom stereocenters. The number of nitrogens with zero attached hydrogens (tertiary/aromatic N) is 3. The van der Waals surface area contributed by atoms with E-state index < -0.39 is 24.4 Å². The first-order valence-corrected chi connectivity index (χ1v) is 9.57. The van der Waals surface area contributed by atoms with Crippen molar-refractivity contribution in [2.24, 2.45) is 0 Å². The minimum atomic E-state index is -0.978. The number of hydrogen-bond acceptors (Lipinski definition) is 5. The van der Waals surface area contributed by atoms with Gasteiger partial charge in [-0.1, -0.05) is 0 Å². The van der Waals surface area contributed by atoms with E-state index in [-0.39, 0.29) is 6.54 Å². The van der Waals surface area contributed by atoms with Crippen LogP contribution in [-0.4, -0.2) is 59.0 Å². The van der Waals surface area contributed by atoms with E-state index in [0.717, 1.165) is 30.7 Å². The number of carbonyl (C=O) groups is 1. The summed E-state index contributed by atoms with van der Waals surface area (Å²) in [7, 11) is 1.05. The Morgan fingerprint density at radius 2 is 1.96 bits per heavy atom. The first-order valence-electron chi connectivity index (χ1n) is 9.57. The number of aromatic nitrogens is 1. The molecule has 27 heavy (non-hydrogen) atoms. The molecule has 0 spiro atoms. The first kappa shape index (κ1) is 20.0. The number of rotatable bonds is 4. The zero-order valence-electron chi connectivity index (χ0n) is 17.2. The molecule has 7 nitrogen and oxygen atoms in total. The average molecular weight is 375 g/mol. The van der Waals surface area contributed by atoms with Crippen LogP contribution in [0.2, 0.25) is 0 Å². The number of carboxylic acid groups (broad SMARTS) is 1. The van der Waals surface area contributed by atoms with Crippen molar-refractivity contribution in [1.82, 2.24) is 9.88 Å². The largest absolute Gasteiger partial charge is 0.495 e. The predicted octanol–water partition coefficient (Wildman–Crippen LogP) is 2.48. The SMILES string of the molecule is C[C@@H]1CCCN1c1cc(B2OC(C)(C)C(C)(C)O2)cc(CN(C)C(=O)O)n1. The molecule has 0 radical (unpaired) electrons. The van der Waals surface area contributed by atoms with Crippen LogP contribution in [0, 0.1) is 0 Å². The van der Waals surface area contributed by atoms with Gasteiger partial charge in [-0.15, -0.1) is 0 Å². The average Bonchev–Trinajstić information content (AvgIpc) is 3.07. The molecule has 2 saturated heterocycles. The van der Waals surface area contributed by atoms with Crippen LogP contribution in [0.25, 0.3) is 0 Å². The van der Waals surface area contributed by atoms with Gasteiger partial charge in [-0.25, -0.2) is 9.78 Å². The number of amides is 1. The molecule has 1 aromatic heterocycles. The molecule has 0 bridgehead atoms. The summed E-state index contributed by atoms with van der Waals surface area (Å²) in [5, 5.41) is 9.22. The van der Waals surface area contributed by atoms with Crippen molar-refractivity contribution >= 4 is 24.5 Å². The summed E-state index contributed by atoms with van der Waals surface area (Å²) < 4.78 is 12.4. The highest BCUT2D eigenvalue weighted by molar-refractivity contribution is 6.62. The fourth-order valence-corrected chi connectivity index (χ4v) is 3.52. The Bertz CT molecular complexity index is 709. The quantitative estimate of drug-likeness (QED) is 0.815. The number of hydrogen-bond donors (Lipinski definition) is 1. The molecule has 1 aromatic rings.